The van der Waals surface area contributed by atoms with Crippen LogP contribution in [-0.4, -0.2) is 46.0 Å². The van der Waals surface area contributed by atoms with E-state index in [1.54, 1.807) is 19.1 Å². The van der Waals surface area contributed by atoms with Crippen LogP contribution in [0.3, 0.4) is 0 Å². The molecule has 2 N–H and O–H groups in total. The number of nitrogens with one attached hydrogen (secondary N) is 2. The number of rotatable bonds is 7. The zero-order chi connectivity index (χ0) is 27.1. The lowest BCUT2D eigenvalue weighted by Gasteiger charge is -2.51. The minimum Gasteiger partial charge on any atom is -0.469 e. The van der Waals surface area contributed by atoms with E-state index >= 15 is 0 Å². The second-order valence-corrected chi connectivity index (χ2v) is 10.5. The quantitative estimate of drug-likeness (QED) is 0.457. The number of aromatic nitrogens is 3. The standard InChI is InChI=1S/C27H29F2N5O4/c1-16-11-17(3-4-18(16)28)13-30-23(35)20-12-21(34-22(33-20)19(29)14-32-34)24(36)31-15-26-5-8-27(9-6-26,10-7-26)25(37)38-2/h3-4,11-12,14H,5-10,13,15H2,1-2H3,(H,30,35)(H,31,36). The molecule has 0 unspecified atom stereocenters. The highest BCUT2D eigenvalue weighted by Gasteiger charge is 2.53. The Morgan fingerprint density at radius 1 is 1.00 bits per heavy atom. The minimum absolute atomic E-state index is 0.0198. The number of hydrogen-bond donors (Lipinski definition) is 2. The van der Waals surface area contributed by atoms with Crippen LogP contribution >= 0.6 is 0 Å². The average molecular weight is 526 g/mol. The summed E-state index contributed by atoms with van der Waals surface area (Å²) in [5, 5.41) is 9.55. The third-order valence-corrected chi connectivity index (χ3v) is 8.21. The number of hydrogen-bond acceptors (Lipinski definition) is 6. The Balaban J connectivity index is 1.31. The molecule has 2 aromatic heterocycles. The Bertz CT molecular complexity index is 1410. The Morgan fingerprint density at radius 2 is 1.71 bits per heavy atom. The number of aryl methyl sites for hydroxylation is 1. The van der Waals surface area contributed by atoms with Crippen molar-refractivity contribution in [3.8, 4) is 0 Å². The Labute approximate surface area is 218 Å². The van der Waals surface area contributed by atoms with Gasteiger partial charge in [-0.2, -0.15) is 5.10 Å². The van der Waals surface area contributed by atoms with Gasteiger partial charge in [0.05, 0.1) is 18.7 Å². The van der Waals surface area contributed by atoms with Crippen LogP contribution in [0.1, 0.15) is 70.6 Å². The predicted octanol–water partition coefficient (Wildman–Crippen LogP) is 3.49. The van der Waals surface area contributed by atoms with E-state index in [0.29, 0.717) is 17.7 Å². The lowest BCUT2D eigenvalue weighted by molar-refractivity contribution is -0.162. The molecule has 2 heterocycles. The number of esters is 1. The molecule has 2 bridgehead atoms. The van der Waals surface area contributed by atoms with Crippen molar-refractivity contribution in [3.63, 3.8) is 0 Å². The second-order valence-electron chi connectivity index (χ2n) is 10.5. The number of carbonyl (C=O) groups excluding carboxylic acids is 3. The first-order chi connectivity index (χ1) is 18.2. The number of methoxy groups -OCH3 is 1. The van der Waals surface area contributed by atoms with Crippen LogP contribution in [0.25, 0.3) is 5.65 Å². The average Bonchev–Trinajstić information content (AvgIpc) is 3.32. The first-order valence-electron chi connectivity index (χ1n) is 12.6. The summed E-state index contributed by atoms with van der Waals surface area (Å²) in [6.45, 7) is 2.12. The molecule has 0 spiro atoms. The summed E-state index contributed by atoms with van der Waals surface area (Å²) in [4.78, 5) is 42.5. The molecule has 200 valence electrons. The molecule has 9 nitrogen and oxygen atoms in total. The second kappa shape index (κ2) is 9.77. The van der Waals surface area contributed by atoms with E-state index in [1.165, 1.54) is 19.2 Å². The lowest BCUT2D eigenvalue weighted by Crippen LogP contribution is -2.50. The van der Waals surface area contributed by atoms with E-state index in [1.807, 2.05) is 0 Å². The van der Waals surface area contributed by atoms with Gasteiger partial charge in [0.25, 0.3) is 11.8 Å². The molecule has 0 atom stereocenters. The fourth-order valence-corrected chi connectivity index (χ4v) is 5.71. The van der Waals surface area contributed by atoms with Gasteiger partial charge in [-0.3, -0.25) is 14.4 Å². The van der Waals surface area contributed by atoms with Crippen molar-refractivity contribution in [3.05, 3.63) is 64.6 Å². The molecule has 3 fully saturated rings. The third-order valence-electron chi connectivity index (χ3n) is 8.21. The zero-order valence-electron chi connectivity index (χ0n) is 21.3. The first-order valence-corrected chi connectivity index (χ1v) is 12.6. The lowest BCUT2D eigenvalue weighted by atomic mass is 9.53. The minimum atomic E-state index is -0.764. The summed E-state index contributed by atoms with van der Waals surface area (Å²) in [7, 11) is 1.42. The van der Waals surface area contributed by atoms with Crippen LogP contribution in [0.5, 0.6) is 0 Å². The molecule has 0 aliphatic heterocycles. The monoisotopic (exact) mass is 525 g/mol. The Hall–Kier alpha value is -3.89. The molecule has 3 saturated carbocycles. The number of amides is 2. The van der Waals surface area contributed by atoms with Crippen molar-refractivity contribution in [2.75, 3.05) is 13.7 Å². The van der Waals surface area contributed by atoms with Gasteiger partial charge in [-0.1, -0.05) is 12.1 Å². The van der Waals surface area contributed by atoms with Gasteiger partial charge in [0.15, 0.2) is 11.5 Å². The van der Waals surface area contributed by atoms with Gasteiger partial charge < -0.3 is 15.4 Å². The maximum absolute atomic E-state index is 14.4. The fourth-order valence-electron chi connectivity index (χ4n) is 5.71. The van der Waals surface area contributed by atoms with Crippen LogP contribution < -0.4 is 10.6 Å². The highest BCUT2D eigenvalue weighted by atomic mass is 19.1. The molecule has 11 heteroatoms. The first kappa shape index (κ1) is 25.7. The van der Waals surface area contributed by atoms with Crippen molar-refractivity contribution in [2.45, 2.75) is 52.0 Å². The number of fused-ring (bicyclic) bond motifs is 4. The number of benzene rings is 1. The van der Waals surface area contributed by atoms with Crippen molar-refractivity contribution >= 4 is 23.4 Å². The van der Waals surface area contributed by atoms with E-state index in [4.69, 9.17) is 4.74 Å². The highest BCUT2D eigenvalue weighted by Crippen LogP contribution is 2.57. The normalized spacial score (nSPS) is 22.3. The van der Waals surface area contributed by atoms with Gasteiger partial charge in [0.1, 0.15) is 17.2 Å². The SMILES string of the molecule is COC(=O)C12CCC(CNC(=O)c3cc(C(=O)NCc4ccc(F)c(C)c4)nc4c(F)cnn34)(CC1)CC2. The molecule has 6 rings (SSSR count). The Morgan fingerprint density at radius 3 is 2.37 bits per heavy atom. The molecule has 38 heavy (non-hydrogen) atoms. The molecule has 3 aliphatic carbocycles. The van der Waals surface area contributed by atoms with Gasteiger partial charge >= 0.3 is 5.97 Å². The van der Waals surface area contributed by atoms with Crippen molar-refractivity contribution in [1.82, 2.24) is 25.2 Å². The molecule has 0 saturated heterocycles. The van der Waals surface area contributed by atoms with Gasteiger partial charge in [-0.25, -0.2) is 18.3 Å². The maximum atomic E-state index is 14.4. The summed E-state index contributed by atoms with van der Waals surface area (Å²) >= 11 is 0. The summed E-state index contributed by atoms with van der Waals surface area (Å²) in [6.07, 6.45) is 5.48. The molecule has 0 radical (unpaired) electrons. The van der Waals surface area contributed by atoms with Crippen molar-refractivity contribution in [1.29, 1.82) is 0 Å². The zero-order valence-corrected chi connectivity index (χ0v) is 21.3. The van der Waals surface area contributed by atoms with E-state index in [-0.39, 0.29) is 40.8 Å². The van der Waals surface area contributed by atoms with Crippen LogP contribution in [0.4, 0.5) is 8.78 Å². The van der Waals surface area contributed by atoms with Crippen LogP contribution in [0.2, 0.25) is 0 Å². The van der Waals surface area contributed by atoms with Gasteiger partial charge in [-0.05, 0) is 68.1 Å². The topological polar surface area (TPSA) is 115 Å². The van der Waals surface area contributed by atoms with E-state index in [2.05, 4.69) is 20.7 Å². The summed E-state index contributed by atoms with van der Waals surface area (Å²) in [6, 6.07) is 5.77. The van der Waals surface area contributed by atoms with Crippen LogP contribution in [0.15, 0.2) is 30.5 Å². The third kappa shape index (κ3) is 4.61. The Kier molecular flexibility index (Phi) is 6.62. The number of halogens is 2. The smallest absolute Gasteiger partial charge is 0.311 e. The van der Waals surface area contributed by atoms with Crippen molar-refractivity contribution in [2.24, 2.45) is 10.8 Å². The summed E-state index contributed by atoms with van der Waals surface area (Å²) in [5.74, 6) is -2.38. The van der Waals surface area contributed by atoms with Crippen LogP contribution in [0, 0.1) is 29.4 Å². The summed E-state index contributed by atoms with van der Waals surface area (Å²) < 4.78 is 34.0. The van der Waals surface area contributed by atoms with Gasteiger partial charge in [0, 0.05) is 19.2 Å². The molecular weight excluding hydrogens is 496 g/mol. The van der Waals surface area contributed by atoms with Gasteiger partial charge in [0.2, 0.25) is 0 Å². The van der Waals surface area contributed by atoms with Gasteiger partial charge in [-0.15, -0.1) is 0 Å². The molecular formula is C27H29F2N5O4. The summed E-state index contributed by atoms with van der Waals surface area (Å²) in [5.41, 5.74) is 0.188. The predicted molar refractivity (Wildman–Crippen MR) is 132 cm³/mol. The van der Waals surface area contributed by atoms with E-state index in [9.17, 15) is 23.2 Å². The van der Waals surface area contributed by atoms with Crippen molar-refractivity contribution < 1.29 is 27.9 Å². The molecule has 3 aliphatic rings. The van der Waals surface area contributed by atoms with E-state index in [0.717, 1.165) is 49.2 Å². The molecule has 2 amide bonds. The molecule has 1 aromatic carbocycles. The maximum Gasteiger partial charge on any atom is 0.311 e. The number of ether oxygens (including phenoxy) is 1. The largest absolute Gasteiger partial charge is 0.469 e. The highest BCUT2D eigenvalue weighted by molar-refractivity contribution is 5.98. The van der Waals surface area contributed by atoms with E-state index < -0.39 is 23.0 Å². The number of carbonyl (C=O) groups is 3. The number of nitrogens with zero attached hydrogens (tertiary/aromatic N) is 3. The van der Waals surface area contributed by atoms with Crippen LogP contribution in [-0.2, 0) is 16.1 Å². The molecule has 3 aromatic rings. The fraction of sp³-hybridized carbons (Fsp3) is 0.444.